The Morgan fingerprint density at radius 3 is 2.44 bits per heavy atom. The SMILES string of the molecule is CC(C)(C)c1nsc(S(=O)(=O)CCCCl)n1. The fourth-order valence-corrected chi connectivity index (χ4v) is 3.61. The Morgan fingerprint density at radius 1 is 1.38 bits per heavy atom. The molecule has 1 heterocycles. The van der Waals surface area contributed by atoms with E-state index in [1.54, 1.807) is 0 Å². The summed E-state index contributed by atoms with van der Waals surface area (Å²) in [4.78, 5) is 4.08. The van der Waals surface area contributed by atoms with Gasteiger partial charge >= 0.3 is 0 Å². The first-order valence-corrected chi connectivity index (χ1v) is 7.86. The molecule has 0 N–H and O–H groups in total. The predicted molar refractivity (Wildman–Crippen MR) is 66.0 cm³/mol. The number of nitrogens with zero attached hydrogens (tertiary/aromatic N) is 2. The highest BCUT2D eigenvalue weighted by molar-refractivity contribution is 7.93. The van der Waals surface area contributed by atoms with E-state index in [0.29, 0.717) is 18.1 Å². The fraction of sp³-hybridized carbons (Fsp3) is 0.778. The molecule has 4 nitrogen and oxygen atoms in total. The second-order valence-electron chi connectivity index (χ2n) is 4.50. The van der Waals surface area contributed by atoms with Crippen molar-refractivity contribution in [1.82, 2.24) is 9.36 Å². The van der Waals surface area contributed by atoms with Crippen molar-refractivity contribution in [2.75, 3.05) is 11.6 Å². The molecule has 0 unspecified atom stereocenters. The van der Waals surface area contributed by atoms with E-state index in [1.807, 2.05) is 20.8 Å². The first-order valence-electron chi connectivity index (χ1n) is 4.90. The maximum absolute atomic E-state index is 11.8. The summed E-state index contributed by atoms with van der Waals surface area (Å²) >= 11 is 6.42. The molecule has 1 rings (SSSR count). The van der Waals surface area contributed by atoms with Crippen molar-refractivity contribution in [2.45, 2.75) is 36.9 Å². The molecule has 0 aromatic carbocycles. The van der Waals surface area contributed by atoms with Crippen molar-refractivity contribution >= 4 is 33.0 Å². The monoisotopic (exact) mass is 282 g/mol. The van der Waals surface area contributed by atoms with Crippen LogP contribution in [0.2, 0.25) is 0 Å². The molecule has 0 aliphatic carbocycles. The Labute approximate surface area is 105 Å². The molecule has 0 saturated heterocycles. The highest BCUT2D eigenvalue weighted by Crippen LogP contribution is 2.23. The topological polar surface area (TPSA) is 59.9 Å². The lowest BCUT2D eigenvalue weighted by atomic mass is 9.96. The van der Waals surface area contributed by atoms with E-state index >= 15 is 0 Å². The third-order valence-electron chi connectivity index (χ3n) is 1.89. The molecular formula is C9H15ClN2O2S2. The largest absolute Gasteiger partial charge is 0.228 e. The van der Waals surface area contributed by atoms with Crippen LogP contribution in [0.4, 0.5) is 0 Å². The smallest absolute Gasteiger partial charge is 0.221 e. The van der Waals surface area contributed by atoms with E-state index in [4.69, 9.17) is 11.6 Å². The Balaban J connectivity index is 2.94. The van der Waals surface area contributed by atoms with Crippen LogP contribution >= 0.6 is 23.1 Å². The fourth-order valence-electron chi connectivity index (χ4n) is 0.972. The van der Waals surface area contributed by atoms with Crippen molar-refractivity contribution < 1.29 is 8.42 Å². The van der Waals surface area contributed by atoms with Gasteiger partial charge in [0.15, 0.2) is 0 Å². The van der Waals surface area contributed by atoms with Crippen LogP contribution in [0.25, 0.3) is 0 Å². The first kappa shape index (κ1) is 13.9. The molecule has 0 spiro atoms. The van der Waals surface area contributed by atoms with Gasteiger partial charge < -0.3 is 0 Å². The average Bonchev–Trinajstić information content (AvgIpc) is 2.63. The van der Waals surface area contributed by atoms with Crippen LogP contribution in [0.3, 0.4) is 0 Å². The number of halogens is 1. The van der Waals surface area contributed by atoms with E-state index < -0.39 is 9.84 Å². The Kier molecular flexibility index (Phi) is 4.31. The van der Waals surface area contributed by atoms with E-state index in [-0.39, 0.29) is 15.5 Å². The zero-order chi connectivity index (χ0) is 12.4. The van der Waals surface area contributed by atoms with Gasteiger partial charge in [-0.2, -0.15) is 4.37 Å². The lowest BCUT2D eigenvalue weighted by molar-refractivity contribution is 0.548. The van der Waals surface area contributed by atoms with Crippen molar-refractivity contribution in [3.63, 3.8) is 0 Å². The number of alkyl halides is 1. The van der Waals surface area contributed by atoms with Gasteiger partial charge in [-0.3, -0.25) is 0 Å². The van der Waals surface area contributed by atoms with Crippen LogP contribution in [-0.2, 0) is 15.3 Å². The lowest BCUT2D eigenvalue weighted by Crippen LogP contribution is -2.14. The van der Waals surface area contributed by atoms with Crippen LogP contribution < -0.4 is 0 Å². The number of rotatable bonds is 4. The van der Waals surface area contributed by atoms with Gasteiger partial charge in [0.2, 0.25) is 14.2 Å². The minimum absolute atomic E-state index is 0.0370. The average molecular weight is 283 g/mol. The van der Waals surface area contributed by atoms with Crippen LogP contribution in [-0.4, -0.2) is 29.4 Å². The van der Waals surface area contributed by atoms with Gasteiger partial charge in [-0.25, -0.2) is 13.4 Å². The second kappa shape index (κ2) is 4.98. The normalized spacial score (nSPS) is 13.0. The molecule has 16 heavy (non-hydrogen) atoms. The van der Waals surface area contributed by atoms with Crippen molar-refractivity contribution in [3.05, 3.63) is 5.82 Å². The van der Waals surface area contributed by atoms with Gasteiger partial charge in [0, 0.05) is 11.3 Å². The summed E-state index contributed by atoms with van der Waals surface area (Å²) in [5.41, 5.74) is -0.225. The molecule has 0 saturated carbocycles. The van der Waals surface area contributed by atoms with Crippen molar-refractivity contribution in [3.8, 4) is 0 Å². The summed E-state index contributed by atoms with van der Waals surface area (Å²) < 4.78 is 27.7. The maximum Gasteiger partial charge on any atom is 0.228 e. The molecule has 1 aromatic heterocycles. The van der Waals surface area contributed by atoms with E-state index in [1.165, 1.54) is 0 Å². The van der Waals surface area contributed by atoms with Gasteiger partial charge in [0.25, 0.3) is 0 Å². The molecule has 92 valence electrons. The number of aromatic nitrogens is 2. The minimum Gasteiger partial charge on any atom is -0.221 e. The van der Waals surface area contributed by atoms with Gasteiger partial charge in [0.1, 0.15) is 5.82 Å². The molecule has 0 atom stereocenters. The summed E-state index contributed by atoms with van der Waals surface area (Å²) in [6.45, 7) is 5.85. The van der Waals surface area contributed by atoms with E-state index in [2.05, 4.69) is 9.36 Å². The molecule has 1 aromatic rings. The van der Waals surface area contributed by atoms with Crippen LogP contribution in [0.5, 0.6) is 0 Å². The van der Waals surface area contributed by atoms with Crippen LogP contribution in [0.1, 0.15) is 33.0 Å². The summed E-state index contributed by atoms with van der Waals surface area (Å²) in [7, 11) is -3.30. The number of hydrogen-bond acceptors (Lipinski definition) is 5. The Hall–Kier alpha value is -0.200. The maximum atomic E-state index is 11.8. The third kappa shape index (κ3) is 3.40. The predicted octanol–water partition coefficient (Wildman–Crippen LogP) is 2.24. The Morgan fingerprint density at radius 2 is 2.00 bits per heavy atom. The zero-order valence-corrected chi connectivity index (χ0v) is 11.9. The van der Waals surface area contributed by atoms with Gasteiger partial charge in [-0.05, 0) is 18.0 Å². The molecule has 0 aliphatic heterocycles. The van der Waals surface area contributed by atoms with Gasteiger partial charge in [0.05, 0.1) is 5.75 Å². The highest BCUT2D eigenvalue weighted by Gasteiger charge is 2.24. The van der Waals surface area contributed by atoms with Gasteiger partial charge in [-0.1, -0.05) is 20.8 Å². The molecule has 0 bridgehead atoms. The molecule has 0 aliphatic rings. The molecule has 7 heteroatoms. The zero-order valence-electron chi connectivity index (χ0n) is 9.53. The standard InChI is InChI=1S/C9H15ClN2O2S2/c1-9(2,3)7-11-8(15-12-7)16(13,14)6-4-5-10/h4-6H2,1-3H3. The molecule has 0 fully saturated rings. The highest BCUT2D eigenvalue weighted by atomic mass is 35.5. The summed E-state index contributed by atoms with van der Waals surface area (Å²) in [5.74, 6) is 0.946. The summed E-state index contributed by atoms with van der Waals surface area (Å²) in [5, 5.41) is 0. The van der Waals surface area contributed by atoms with Gasteiger partial charge in [-0.15, -0.1) is 11.6 Å². The molecule has 0 amide bonds. The van der Waals surface area contributed by atoms with Crippen LogP contribution in [0, 0.1) is 0 Å². The summed E-state index contributed by atoms with van der Waals surface area (Å²) in [6, 6.07) is 0. The first-order chi connectivity index (χ1) is 7.27. The second-order valence-corrected chi connectivity index (χ2v) is 7.91. The molecular weight excluding hydrogens is 268 g/mol. The van der Waals surface area contributed by atoms with Crippen molar-refractivity contribution in [2.24, 2.45) is 0 Å². The van der Waals surface area contributed by atoms with E-state index in [0.717, 1.165) is 11.5 Å². The minimum atomic E-state index is -3.30. The van der Waals surface area contributed by atoms with Crippen LogP contribution in [0.15, 0.2) is 4.34 Å². The molecule has 0 radical (unpaired) electrons. The van der Waals surface area contributed by atoms with E-state index in [9.17, 15) is 8.42 Å². The number of hydrogen-bond donors (Lipinski definition) is 0. The lowest BCUT2D eigenvalue weighted by Gasteiger charge is -2.12. The summed E-state index contributed by atoms with van der Waals surface area (Å²) in [6.07, 6.45) is 0.439. The Bertz CT molecular complexity index is 448. The quantitative estimate of drug-likeness (QED) is 0.795. The number of sulfone groups is 1. The van der Waals surface area contributed by atoms with Crippen molar-refractivity contribution in [1.29, 1.82) is 0 Å². The third-order valence-corrected chi connectivity index (χ3v) is 5.10.